The van der Waals surface area contributed by atoms with Crippen LogP contribution in [0, 0.1) is 13.8 Å². The number of hydrogen-bond donors (Lipinski definition) is 1. The van der Waals surface area contributed by atoms with Crippen LogP contribution in [0.5, 0.6) is 0 Å². The molecule has 27 heavy (non-hydrogen) atoms. The summed E-state index contributed by atoms with van der Waals surface area (Å²) in [6.07, 6.45) is 3.95. The van der Waals surface area contributed by atoms with E-state index in [0.29, 0.717) is 11.4 Å². The van der Waals surface area contributed by atoms with Gasteiger partial charge in [0.25, 0.3) is 5.91 Å². The quantitative estimate of drug-likeness (QED) is 0.735. The minimum atomic E-state index is -0.0352. The summed E-state index contributed by atoms with van der Waals surface area (Å²) >= 11 is 1.47. The Balaban J connectivity index is 1.61. The highest BCUT2D eigenvalue weighted by atomic mass is 32.1. The number of aryl methyl sites for hydroxylation is 2. The van der Waals surface area contributed by atoms with Crippen molar-refractivity contribution in [3.63, 3.8) is 0 Å². The van der Waals surface area contributed by atoms with Gasteiger partial charge in [-0.25, -0.2) is 4.98 Å². The molecule has 3 aromatic heterocycles. The summed E-state index contributed by atoms with van der Waals surface area (Å²) in [5.41, 5.74) is 3.04. The molecule has 4 rings (SSSR count). The predicted molar refractivity (Wildman–Crippen MR) is 108 cm³/mol. The van der Waals surface area contributed by atoms with Gasteiger partial charge in [0, 0.05) is 49.7 Å². The summed E-state index contributed by atoms with van der Waals surface area (Å²) in [5.74, 6) is -0.0352. The monoisotopic (exact) mass is 384 g/mol. The minimum absolute atomic E-state index is 0.0352. The molecule has 1 aliphatic heterocycles. The molecule has 3 aromatic rings. The van der Waals surface area contributed by atoms with E-state index in [9.17, 15) is 4.79 Å². The lowest BCUT2D eigenvalue weighted by molar-refractivity contribution is 0.0383. The smallest absolute Gasteiger partial charge is 0.263 e. The van der Waals surface area contributed by atoms with Crippen LogP contribution in [-0.4, -0.2) is 59.8 Å². The van der Waals surface area contributed by atoms with Gasteiger partial charge in [-0.2, -0.15) is 0 Å². The van der Waals surface area contributed by atoms with Crippen molar-refractivity contribution < 1.29 is 9.53 Å². The standard InChI is InChI=1S/C20H24N4O2S/c1-14-13-15(2)22-20-16(14)17(24-6-3-4-7-24)18(27-20)19(25)21-5-8-23-9-11-26-12-10-23/h3-4,6-7,13H,5,8-12H2,1-2H3,(H,21,25). The van der Waals surface area contributed by atoms with Crippen LogP contribution < -0.4 is 5.32 Å². The van der Waals surface area contributed by atoms with E-state index in [2.05, 4.69) is 28.2 Å². The number of carbonyl (C=O) groups excluding carboxylic acids is 1. The number of amides is 1. The lowest BCUT2D eigenvalue weighted by Crippen LogP contribution is -2.41. The second kappa shape index (κ2) is 7.80. The molecular weight excluding hydrogens is 360 g/mol. The van der Waals surface area contributed by atoms with Gasteiger partial charge in [0.1, 0.15) is 9.71 Å². The van der Waals surface area contributed by atoms with E-state index in [1.54, 1.807) is 0 Å². The third kappa shape index (κ3) is 3.76. The topological polar surface area (TPSA) is 59.4 Å². The molecule has 0 radical (unpaired) electrons. The van der Waals surface area contributed by atoms with E-state index in [0.717, 1.165) is 60.0 Å². The second-order valence-corrected chi connectivity index (χ2v) is 7.84. The lowest BCUT2D eigenvalue weighted by atomic mass is 10.1. The third-order valence-corrected chi connectivity index (χ3v) is 5.92. The van der Waals surface area contributed by atoms with E-state index in [-0.39, 0.29) is 5.91 Å². The minimum Gasteiger partial charge on any atom is -0.379 e. The molecular formula is C20H24N4O2S. The zero-order chi connectivity index (χ0) is 18.8. The lowest BCUT2D eigenvalue weighted by Gasteiger charge is -2.26. The van der Waals surface area contributed by atoms with Gasteiger partial charge in [-0.3, -0.25) is 9.69 Å². The van der Waals surface area contributed by atoms with E-state index >= 15 is 0 Å². The number of fused-ring (bicyclic) bond motifs is 1. The maximum absolute atomic E-state index is 13.0. The highest BCUT2D eigenvalue weighted by molar-refractivity contribution is 7.21. The summed E-state index contributed by atoms with van der Waals surface area (Å²) in [6, 6.07) is 6.02. The summed E-state index contributed by atoms with van der Waals surface area (Å²) in [6.45, 7) is 8.93. The average Bonchev–Trinajstić information content (AvgIpc) is 3.29. The van der Waals surface area contributed by atoms with Crippen LogP contribution in [0.15, 0.2) is 30.6 Å². The summed E-state index contributed by atoms with van der Waals surface area (Å²) in [4.78, 5) is 21.6. The molecule has 0 atom stereocenters. The molecule has 0 aliphatic carbocycles. The number of pyridine rings is 1. The molecule has 142 valence electrons. The largest absolute Gasteiger partial charge is 0.379 e. The number of carbonyl (C=O) groups is 1. The predicted octanol–water partition coefficient (Wildman–Crippen LogP) is 2.77. The molecule has 4 heterocycles. The first kappa shape index (κ1) is 18.2. The van der Waals surface area contributed by atoms with Gasteiger partial charge in [0.2, 0.25) is 0 Å². The molecule has 1 fully saturated rings. The number of rotatable bonds is 5. The zero-order valence-electron chi connectivity index (χ0n) is 15.7. The van der Waals surface area contributed by atoms with Crippen molar-refractivity contribution in [3.05, 3.63) is 46.7 Å². The number of morpholine rings is 1. The number of nitrogens with one attached hydrogen (secondary N) is 1. The third-order valence-electron chi connectivity index (χ3n) is 4.85. The van der Waals surface area contributed by atoms with Crippen LogP contribution in [-0.2, 0) is 4.74 Å². The highest BCUT2D eigenvalue weighted by Crippen LogP contribution is 2.35. The van der Waals surface area contributed by atoms with Gasteiger partial charge in [0.15, 0.2) is 0 Å². The van der Waals surface area contributed by atoms with Crippen molar-refractivity contribution >= 4 is 27.5 Å². The molecule has 1 aliphatic rings. The van der Waals surface area contributed by atoms with E-state index in [1.165, 1.54) is 11.3 Å². The molecule has 0 unspecified atom stereocenters. The van der Waals surface area contributed by atoms with Gasteiger partial charge in [-0.15, -0.1) is 11.3 Å². The maximum Gasteiger partial charge on any atom is 0.263 e. The van der Waals surface area contributed by atoms with Crippen molar-refractivity contribution in [2.24, 2.45) is 0 Å². The Labute approximate surface area is 162 Å². The number of nitrogens with zero attached hydrogens (tertiary/aromatic N) is 3. The number of thiophene rings is 1. The molecule has 0 bridgehead atoms. The van der Waals surface area contributed by atoms with E-state index < -0.39 is 0 Å². The van der Waals surface area contributed by atoms with Gasteiger partial charge < -0.3 is 14.6 Å². The van der Waals surface area contributed by atoms with Crippen molar-refractivity contribution in [1.82, 2.24) is 19.8 Å². The van der Waals surface area contributed by atoms with Crippen molar-refractivity contribution in [2.75, 3.05) is 39.4 Å². The Morgan fingerprint density at radius 3 is 2.74 bits per heavy atom. The van der Waals surface area contributed by atoms with Crippen LogP contribution >= 0.6 is 11.3 Å². The van der Waals surface area contributed by atoms with Crippen LogP contribution in [0.1, 0.15) is 20.9 Å². The summed E-state index contributed by atoms with van der Waals surface area (Å²) in [7, 11) is 0. The van der Waals surface area contributed by atoms with Crippen LogP contribution in [0.3, 0.4) is 0 Å². The fraction of sp³-hybridized carbons (Fsp3) is 0.400. The van der Waals surface area contributed by atoms with E-state index in [4.69, 9.17) is 4.74 Å². The molecule has 1 N–H and O–H groups in total. The summed E-state index contributed by atoms with van der Waals surface area (Å²) in [5, 5.41) is 4.15. The SMILES string of the molecule is Cc1cc(C)c2c(-n3cccc3)c(C(=O)NCCN3CCOCC3)sc2n1. The normalized spacial score (nSPS) is 15.3. The van der Waals surface area contributed by atoms with Crippen molar-refractivity contribution in [3.8, 4) is 5.69 Å². The molecule has 1 amide bonds. The number of hydrogen-bond acceptors (Lipinski definition) is 5. The first-order valence-corrected chi connectivity index (χ1v) is 10.1. The van der Waals surface area contributed by atoms with Gasteiger partial charge in [0.05, 0.1) is 18.9 Å². The Morgan fingerprint density at radius 1 is 1.26 bits per heavy atom. The molecule has 1 saturated heterocycles. The maximum atomic E-state index is 13.0. The zero-order valence-corrected chi connectivity index (χ0v) is 16.5. The van der Waals surface area contributed by atoms with E-state index in [1.807, 2.05) is 36.0 Å². The molecule has 6 nitrogen and oxygen atoms in total. The van der Waals surface area contributed by atoms with Crippen LogP contribution in [0.4, 0.5) is 0 Å². The van der Waals surface area contributed by atoms with Gasteiger partial charge >= 0.3 is 0 Å². The first-order valence-electron chi connectivity index (χ1n) is 9.26. The average molecular weight is 385 g/mol. The van der Waals surface area contributed by atoms with Crippen molar-refractivity contribution in [1.29, 1.82) is 0 Å². The molecule has 7 heteroatoms. The second-order valence-electron chi connectivity index (χ2n) is 6.84. The van der Waals surface area contributed by atoms with Crippen LogP contribution in [0.25, 0.3) is 15.9 Å². The molecule has 0 aromatic carbocycles. The summed E-state index contributed by atoms with van der Waals surface area (Å²) < 4.78 is 7.38. The van der Waals surface area contributed by atoms with Gasteiger partial charge in [-0.1, -0.05) is 0 Å². The Hall–Kier alpha value is -2.22. The Morgan fingerprint density at radius 2 is 2.00 bits per heavy atom. The highest BCUT2D eigenvalue weighted by Gasteiger charge is 2.22. The first-order chi connectivity index (χ1) is 13.1. The van der Waals surface area contributed by atoms with Gasteiger partial charge in [-0.05, 0) is 37.6 Å². The molecule has 0 saturated carbocycles. The van der Waals surface area contributed by atoms with Crippen LogP contribution in [0.2, 0.25) is 0 Å². The van der Waals surface area contributed by atoms with Crippen molar-refractivity contribution in [2.45, 2.75) is 13.8 Å². The Kier molecular flexibility index (Phi) is 5.24. The Bertz CT molecular complexity index is 943. The number of ether oxygens (including phenoxy) is 1. The fourth-order valence-corrected chi connectivity index (χ4v) is 4.75. The molecule has 0 spiro atoms. The number of aromatic nitrogens is 2. The fourth-order valence-electron chi connectivity index (χ4n) is 3.54.